The van der Waals surface area contributed by atoms with Gasteiger partial charge < -0.3 is 9.84 Å². The highest BCUT2D eigenvalue weighted by Gasteiger charge is 2.10. The molecule has 0 aliphatic rings. The molecule has 0 spiro atoms. The van der Waals surface area contributed by atoms with Crippen molar-refractivity contribution in [2.75, 3.05) is 0 Å². The Kier molecular flexibility index (Phi) is 5.44. The quantitative estimate of drug-likeness (QED) is 0.502. The molecule has 0 unspecified atom stereocenters. The van der Waals surface area contributed by atoms with Gasteiger partial charge in [0.15, 0.2) is 0 Å². The van der Waals surface area contributed by atoms with Gasteiger partial charge in [0.05, 0.1) is 5.57 Å². The van der Waals surface area contributed by atoms with E-state index < -0.39 is 5.97 Å². The molecule has 0 aliphatic carbocycles. The Morgan fingerprint density at radius 2 is 1.69 bits per heavy atom. The van der Waals surface area contributed by atoms with Gasteiger partial charge in [0.25, 0.3) is 0 Å². The van der Waals surface area contributed by atoms with Crippen molar-refractivity contribution in [3.63, 3.8) is 0 Å². The Labute approximate surface area is 151 Å². The number of carboxylic acid groups (broad SMARTS) is 1. The molecule has 3 aromatic carbocycles. The van der Waals surface area contributed by atoms with Crippen molar-refractivity contribution in [3.05, 3.63) is 101 Å². The molecule has 0 aliphatic heterocycles. The zero-order valence-electron chi connectivity index (χ0n) is 13.9. The van der Waals surface area contributed by atoms with Gasteiger partial charge in [-0.15, -0.1) is 0 Å². The summed E-state index contributed by atoms with van der Waals surface area (Å²) >= 11 is 0. The number of aliphatic carboxylic acids is 1. The molecule has 0 saturated carbocycles. The van der Waals surface area contributed by atoms with Crippen LogP contribution in [0.3, 0.4) is 0 Å². The minimum atomic E-state index is -1.01. The standard InChI is InChI=1S/C22H17FO3/c23-21-12-5-4-10-18(21)15-26-19-11-6-7-16(13-19)14-20(22(24)25)17-8-2-1-3-9-17/h1-14H,15H2,(H,24,25)/b20-14-. The molecule has 3 rings (SSSR count). The first-order valence-corrected chi connectivity index (χ1v) is 8.10. The molecule has 26 heavy (non-hydrogen) atoms. The van der Waals surface area contributed by atoms with E-state index in [0.717, 1.165) is 0 Å². The number of benzene rings is 3. The number of hydrogen-bond donors (Lipinski definition) is 1. The van der Waals surface area contributed by atoms with Crippen LogP contribution in [0.4, 0.5) is 4.39 Å². The van der Waals surface area contributed by atoms with E-state index in [0.29, 0.717) is 22.4 Å². The van der Waals surface area contributed by atoms with Crippen LogP contribution in [0.25, 0.3) is 11.6 Å². The average Bonchev–Trinajstić information content (AvgIpc) is 2.66. The van der Waals surface area contributed by atoms with Crippen LogP contribution in [-0.2, 0) is 11.4 Å². The molecular weight excluding hydrogens is 331 g/mol. The van der Waals surface area contributed by atoms with E-state index in [-0.39, 0.29) is 18.0 Å². The summed E-state index contributed by atoms with van der Waals surface area (Å²) in [4.78, 5) is 11.6. The third kappa shape index (κ3) is 4.36. The first kappa shape index (κ1) is 17.4. The van der Waals surface area contributed by atoms with Gasteiger partial charge in [0.2, 0.25) is 0 Å². The third-order valence-electron chi connectivity index (χ3n) is 3.84. The molecule has 3 aromatic rings. The van der Waals surface area contributed by atoms with Crippen molar-refractivity contribution < 1.29 is 19.0 Å². The SMILES string of the molecule is O=C(O)/C(=C\c1cccc(OCc2ccccc2F)c1)c1ccccc1. The van der Waals surface area contributed by atoms with E-state index >= 15 is 0 Å². The first-order valence-electron chi connectivity index (χ1n) is 8.10. The van der Waals surface area contributed by atoms with E-state index in [2.05, 4.69) is 0 Å². The summed E-state index contributed by atoms with van der Waals surface area (Å²) in [6.07, 6.45) is 1.59. The van der Waals surface area contributed by atoms with E-state index in [1.807, 2.05) is 6.07 Å². The van der Waals surface area contributed by atoms with Crippen molar-refractivity contribution in [2.24, 2.45) is 0 Å². The number of hydrogen-bond acceptors (Lipinski definition) is 2. The molecule has 0 amide bonds. The second-order valence-electron chi connectivity index (χ2n) is 5.68. The number of rotatable bonds is 6. The van der Waals surface area contributed by atoms with Crippen LogP contribution in [0.15, 0.2) is 78.9 Å². The maximum absolute atomic E-state index is 13.7. The molecule has 0 aromatic heterocycles. The highest BCUT2D eigenvalue weighted by atomic mass is 19.1. The fourth-order valence-electron chi connectivity index (χ4n) is 2.52. The van der Waals surface area contributed by atoms with Gasteiger partial charge >= 0.3 is 5.97 Å². The van der Waals surface area contributed by atoms with E-state index in [9.17, 15) is 14.3 Å². The lowest BCUT2D eigenvalue weighted by Crippen LogP contribution is -2.00. The second kappa shape index (κ2) is 8.12. The molecule has 0 saturated heterocycles. The van der Waals surface area contributed by atoms with Crippen molar-refractivity contribution in [1.82, 2.24) is 0 Å². The monoisotopic (exact) mass is 348 g/mol. The molecule has 0 radical (unpaired) electrons. The fourth-order valence-corrected chi connectivity index (χ4v) is 2.52. The van der Waals surface area contributed by atoms with Crippen LogP contribution in [-0.4, -0.2) is 11.1 Å². The smallest absolute Gasteiger partial charge is 0.336 e. The molecule has 0 fully saturated rings. The lowest BCUT2D eigenvalue weighted by molar-refractivity contribution is -0.130. The topological polar surface area (TPSA) is 46.5 Å². The van der Waals surface area contributed by atoms with Gasteiger partial charge in [0, 0.05) is 5.56 Å². The lowest BCUT2D eigenvalue weighted by Gasteiger charge is -2.08. The largest absolute Gasteiger partial charge is 0.489 e. The Morgan fingerprint density at radius 3 is 2.42 bits per heavy atom. The number of carbonyl (C=O) groups is 1. The van der Waals surface area contributed by atoms with Gasteiger partial charge in [-0.3, -0.25) is 0 Å². The van der Waals surface area contributed by atoms with Crippen LogP contribution < -0.4 is 4.74 Å². The van der Waals surface area contributed by atoms with Gasteiger partial charge in [0.1, 0.15) is 18.2 Å². The van der Waals surface area contributed by atoms with Crippen molar-refractivity contribution in [3.8, 4) is 5.75 Å². The summed E-state index contributed by atoms with van der Waals surface area (Å²) in [6, 6.07) is 22.4. The number of halogens is 1. The fraction of sp³-hybridized carbons (Fsp3) is 0.0455. The minimum Gasteiger partial charge on any atom is -0.489 e. The van der Waals surface area contributed by atoms with E-state index in [4.69, 9.17) is 4.74 Å². The van der Waals surface area contributed by atoms with Crippen LogP contribution in [0.5, 0.6) is 5.75 Å². The van der Waals surface area contributed by atoms with Gasteiger partial charge in [-0.05, 0) is 35.4 Å². The molecular formula is C22H17FO3. The highest BCUT2D eigenvalue weighted by molar-refractivity contribution is 6.20. The molecule has 0 atom stereocenters. The van der Waals surface area contributed by atoms with Crippen LogP contribution >= 0.6 is 0 Å². The summed E-state index contributed by atoms with van der Waals surface area (Å²) in [7, 11) is 0. The molecule has 130 valence electrons. The van der Waals surface area contributed by atoms with Crippen LogP contribution in [0.1, 0.15) is 16.7 Å². The second-order valence-corrected chi connectivity index (χ2v) is 5.68. The molecule has 3 nitrogen and oxygen atoms in total. The average molecular weight is 348 g/mol. The number of carboxylic acids is 1. The minimum absolute atomic E-state index is 0.102. The summed E-state index contributed by atoms with van der Waals surface area (Å²) in [5.41, 5.74) is 1.97. The first-order chi connectivity index (χ1) is 12.6. The normalized spacial score (nSPS) is 11.2. The Morgan fingerprint density at radius 1 is 0.962 bits per heavy atom. The van der Waals surface area contributed by atoms with E-state index in [1.165, 1.54) is 6.07 Å². The van der Waals surface area contributed by atoms with Gasteiger partial charge in [-0.25, -0.2) is 9.18 Å². The lowest BCUT2D eigenvalue weighted by atomic mass is 10.0. The molecule has 0 heterocycles. The van der Waals surface area contributed by atoms with Crippen molar-refractivity contribution in [2.45, 2.75) is 6.61 Å². The van der Waals surface area contributed by atoms with Crippen LogP contribution in [0.2, 0.25) is 0 Å². The number of ether oxygens (including phenoxy) is 1. The summed E-state index contributed by atoms with van der Waals surface area (Å²) in [5.74, 6) is -0.783. The molecule has 0 bridgehead atoms. The van der Waals surface area contributed by atoms with E-state index in [1.54, 1.807) is 72.8 Å². The summed E-state index contributed by atoms with van der Waals surface area (Å²) in [5, 5.41) is 9.50. The Bertz CT molecular complexity index is 933. The summed E-state index contributed by atoms with van der Waals surface area (Å²) < 4.78 is 19.3. The zero-order chi connectivity index (χ0) is 18.4. The predicted molar refractivity (Wildman–Crippen MR) is 99.1 cm³/mol. The highest BCUT2D eigenvalue weighted by Crippen LogP contribution is 2.22. The van der Waals surface area contributed by atoms with Crippen molar-refractivity contribution in [1.29, 1.82) is 0 Å². The maximum atomic E-state index is 13.7. The van der Waals surface area contributed by atoms with Crippen LogP contribution in [0, 0.1) is 5.82 Å². The molecule has 1 N–H and O–H groups in total. The maximum Gasteiger partial charge on any atom is 0.336 e. The molecule has 4 heteroatoms. The summed E-state index contributed by atoms with van der Waals surface area (Å²) in [6.45, 7) is 0.102. The Balaban J connectivity index is 1.82. The van der Waals surface area contributed by atoms with Gasteiger partial charge in [-0.2, -0.15) is 0 Å². The van der Waals surface area contributed by atoms with Crippen molar-refractivity contribution >= 4 is 17.6 Å². The predicted octanol–water partition coefficient (Wildman–Crippen LogP) is 5.03. The third-order valence-corrected chi connectivity index (χ3v) is 3.84. The Hall–Kier alpha value is -3.40. The van der Waals surface area contributed by atoms with Gasteiger partial charge in [-0.1, -0.05) is 60.7 Å². The zero-order valence-corrected chi connectivity index (χ0v) is 13.9.